The maximum Gasteiger partial charge on any atom is 0.137 e. The largest absolute Gasteiger partial charge is 0.457 e. The summed E-state index contributed by atoms with van der Waals surface area (Å²) in [6.07, 6.45) is 0. The zero-order valence-corrected chi connectivity index (χ0v) is 21.8. The van der Waals surface area contributed by atoms with Crippen LogP contribution in [0.2, 0.25) is 0 Å². The molecule has 0 saturated heterocycles. The van der Waals surface area contributed by atoms with Crippen molar-refractivity contribution >= 4 is 11.4 Å². The molecule has 4 heteroatoms. The predicted molar refractivity (Wildman–Crippen MR) is 165 cm³/mol. The Hall–Kier alpha value is -5.48. The molecule has 194 valence electrons. The third-order valence-electron chi connectivity index (χ3n) is 6.66. The molecular weight excluding hydrogens is 492 g/mol. The van der Waals surface area contributed by atoms with Gasteiger partial charge in [0.1, 0.15) is 23.0 Å². The third-order valence-corrected chi connectivity index (χ3v) is 6.66. The van der Waals surface area contributed by atoms with Gasteiger partial charge in [0.15, 0.2) is 0 Å². The van der Waals surface area contributed by atoms with Gasteiger partial charge in [-0.05, 0) is 65.2 Å². The van der Waals surface area contributed by atoms with E-state index >= 15 is 0 Å². The van der Waals surface area contributed by atoms with Gasteiger partial charge in [-0.3, -0.25) is 0 Å². The van der Waals surface area contributed by atoms with Crippen LogP contribution in [0.15, 0.2) is 146 Å². The molecular formula is C36H28N2O2. The molecule has 0 aliphatic rings. The number of benzene rings is 6. The SMILES string of the molecule is Nc1ccc(-c2cccc(-c3ccccc3)c2-c2ccc(N)cc2Oc2ccccc2)c(Oc2ccccc2)c1. The summed E-state index contributed by atoms with van der Waals surface area (Å²) in [6, 6.07) is 47.7. The van der Waals surface area contributed by atoms with Crippen LogP contribution in [0.3, 0.4) is 0 Å². The van der Waals surface area contributed by atoms with Gasteiger partial charge in [-0.25, -0.2) is 0 Å². The number of hydrogen-bond donors (Lipinski definition) is 2. The van der Waals surface area contributed by atoms with Crippen molar-refractivity contribution in [3.05, 3.63) is 146 Å². The molecule has 6 rings (SSSR count). The Morgan fingerprint density at radius 3 is 1.43 bits per heavy atom. The van der Waals surface area contributed by atoms with Crippen LogP contribution in [-0.4, -0.2) is 0 Å². The van der Waals surface area contributed by atoms with E-state index in [1.807, 2.05) is 115 Å². The molecule has 0 unspecified atom stereocenters. The zero-order chi connectivity index (χ0) is 27.3. The predicted octanol–water partition coefficient (Wildman–Crippen LogP) is 9.44. The normalized spacial score (nSPS) is 10.7. The van der Waals surface area contributed by atoms with Crippen molar-refractivity contribution in [2.45, 2.75) is 0 Å². The topological polar surface area (TPSA) is 70.5 Å². The molecule has 0 atom stereocenters. The minimum absolute atomic E-state index is 0.619. The molecule has 0 heterocycles. The molecule has 0 aliphatic carbocycles. The van der Waals surface area contributed by atoms with Gasteiger partial charge in [0.25, 0.3) is 0 Å². The van der Waals surface area contributed by atoms with E-state index in [-0.39, 0.29) is 0 Å². The van der Waals surface area contributed by atoms with Crippen molar-refractivity contribution in [3.8, 4) is 56.4 Å². The fourth-order valence-corrected chi connectivity index (χ4v) is 4.83. The van der Waals surface area contributed by atoms with Crippen LogP contribution >= 0.6 is 0 Å². The fraction of sp³-hybridized carbons (Fsp3) is 0. The van der Waals surface area contributed by atoms with Crippen LogP contribution in [-0.2, 0) is 0 Å². The Bertz CT molecular complexity index is 1750. The van der Waals surface area contributed by atoms with Crippen molar-refractivity contribution in [2.24, 2.45) is 0 Å². The lowest BCUT2D eigenvalue weighted by molar-refractivity contribution is 0.484. The fourth-order valence-electron chi connectivity index (χ4n) is 4.83. The van der Waals surface area contributed by atoms with Gasteiger partial charge in [-0.2, -0.15) is 0 Å². The van der Waals surface area contributed by atoms with Gasteiger partial charge in [-0.1, -0.05) is 84.9 Å². The first-order valence-electron chi connectivity index (χ1n) is 13.1. The van der Waals surface area contributed by atoms with E-state index in [1.165, 1.54) is 0 Å². The summed E-state index contributed by atoms with van der Waals surface area (Å²) in [7, 11) is 0. The Labute approximate surface area is 234 Å². The minimum atomic E-state index is 0.619. The second-order valence-corrected chi connectivity index (χ2v) is 9.44. The zero-order valence-electron chi connectivity index (χ0n) is 21.8. The quantitative estimate of drug-likeness (QED) is 0.206. The molecule has 6 aromatic carbocycles. The Kier molecular flexibility index (Phi) is 6.89. The Balaban J connectivity index is 1.60. The highest BCUT2D eigenvalue weighted by Gasteiger charge is 2.21. The van der Waals surface area contributed by atoms with Crippen LogP contribution in [0.4, 0.5) is 11.4 Å². The molecule has 0 fully saturated rings. The summed E-state index contributed by atoms with van der Waals surface area (Å²) in [5.41, 5.74) is 19.7. The number of nitrogens with two attached hydrogens (primary N) is 2. The smallest absolute Gasteiger partial charge is 0.137 e. The lowest BCUT2D eigenvalue weighted by Gasteiger charge is -2.21. The lowest BCUT2D eigenvalue weighted by atomic mass is 9.86. The van der Waals surface area contributed by atoms with Gasteiger partial charge < -0.3 is 20.9 Å². The first-order valence-corrected chi connectivity index (χ1v) is 13.1. The minimum Gasteiger partial charge on any atom is -0.457 e. The van der Waals surface area contributed by atoms with E-state index < -0.39 is 0 Å². The van der Waals surface area contributed by atoms with E-state index in [0.717, 1.165) is 44.9 Å². The molecule has 0 radical (unpaired) electrons. The lowest BCUT2D eigenvalue weighted by Crippen LogP contribution is -1.97. The summed E-state index contributed by atoms with van der Waals surface area (Å²) in [6.45, 7) is 0. The van der Waals surface area contributed by atoms with Gasteiger partial charge in [0.05, 0.1) is 0 Å². The van der Waals surface area contributed by atoms with Gasteiger partial charge in [0.2, 0.25) is 0 Å². The van der Waals surface area contributed by atoms with Crippen LogP contribution in [0.1, 0.15) is 0 Å². The van der Waals surface area contributed by atoms with Crippen LogP contribution in [0, 0.1) is 0 Å². The second kappa shape index (κ2) is 11.1. The number of para-hydroxylation sites is 2. The third kappa shape index (κ3) is 5.24. The molecule has 6 aromatic rings. The van der Waals surface area contributed by atoms with E-state index in [4.69, 9.17) is 20.9 Å². The van der Waals surface area contributed by atoms with Crippen molar-refractivity contribution < 1.29 is 9.47 Å². The van der Waals surface area contributed by atoms with Crippen LogP contribution < -0.4 is 20.9 Å². The number of rotatable bonds is 7. The van der Waals surface area contributed by atoms with E-state index in [2.05, 4.69) is 30.3 Å². The van der Waals surface area contributed by atoms with E-state index in [0.29, 0.717) is 22.9 Å². The summed E-state index contributed by atoms with van der Waals surface area (Å²) in [5.74, 6) is 2.79. The summed E-state index contributed by atoms with van der Waals surface area (Å²) in [5, 5.41) is 0. The molecule has 0 spiro atoms. The summed E-state index contributed by atoms with van der Waals surface area (Å²) >= 11 is 0. The molecule has 0 amide bonds. The molecule has 0 aliphatic heterocycles. The monoisotopic (exact) mass is 520 g/mol. The highest BCUT2D eigenvalue weighted by Crippen LogP contribution is 2.47. The molecule has 40 heavy (non-hydrogen) atoms. The standard InChI is InChI=1S/C36H28N2O2/c37-26-19-21-31(34(23-26)39-28-13-6-2-7-14-28)32-18-10-17-30(25-11-4-1-5-12-25)36(32)33-22-20-27(38)24-35(33)40-29-15-8-3-9-16-29/h1-24H,37-38H2. The molecule has 0 bridgehead atoms. The molecule has 0 aromatic heterocycles. The van der Waals surface area contributed by atoms with Gasteiger partial charge >= 0.3 is 0 Å². The number of hydrogen-bond acceptors (Lipinski definition) is 4. The van der Waals surface area contributed by atoms with Gasteiger partial charge in [-0.15, -0.1) is 0 Å². The first-order chi connectivity index (χ1) is 19.7. The number of anilines is 2. The second-order valence-electron chi connectivity index (χ2n) is 9.44. The highest BCUT2D eigenvalue weighted by atomic mass is 16.5. The molecule has 4 N–H and O–H groups in total. The van der Waals surface area contributed by atoms with Crippen molar-refractivity contribution in [1.82, 2.24) is 0 Å². The van der Waals surface area contributed by atoms with Crippen LogP contribution in [0.25, 0.3) is 33.4 Å². The average Bonchev–Trinajstić information content (AvgIpc) is 2.99. The summed E-state index contributed by atoms with van der Waals surface area (Å²) in [4.78, 5) is 0. The number of ether oxygens (including phenoxy) is 2. The Morgan fingerprint density at radius 1 is 0.375 bits per heavy atom. The maximum absolute atomic E-state index is 6.44. The number of nitrogen functional groups attached to an aromatic ring is 2. The van der Waals surface area contributed by atoms with Gasteiger partial charge in [0, 0.05) is 40.2 Å². The van der Waals surface area contributed by atoms with Crippen molar-refractivity contribution in [2.75, 3.05) is 11.5 Å². The highest BCUT2D eigenvalue weighted by molar-refractivity contribution is 5.98. The van der Waals surface area contributed by atoms with Crippen molar-refractivity contribution in [3.63, 3.8) is 0 Å². The molecule has 0 saturated carbocycles. The Morgan fingerprint density at radius 2 is 0.850 bits per heavy atom. The first kappa shape index (κ1) is 24.8. The van der Waals surface area contributed by atoms with E-state index in [1.54, 1.807) is 0 Å². The summed E-state index contributed by atoms with van der Waals surface area (Å²) < 4.78 is 12.8. The average molecular weight is 521 g/mol. The van der Waals surface area contributed by atoms with Crippen molar-refractivity contribution in [1.29, 1.82) is 0 Å². The maximum atomic E-state index is 6.44. The van der Waals surface area contributed by atoms with Crippen LogP contribution in [0.5, 0.6) is 23.0 Å². The molecule has 4 nitrogen and oxygen atoms in total. The van der Waals surface area contributed by atoms with E-state index in [9.17, 15) is 0 Å².